The molecule has 0 aromatic rings. The maximum atomic E-state index is 4.70. The van der Waals surface area contributed by atoms with Gasteiger partial charge in [-0.05, 0) is 0 Å². The molecule has 0 aromatic carbocycles. The molecule has 0 aliphatic heterocycles. The molecule has 2 radical (unpaired) electrons. The van der Waals surface area contributed by atoms with E-state index in [1.165, 1.54) is 0 Å². The molecule has 0 saturated heterocycles. The molecule has 1 nitrogen and oxygen atoms in total. The average molecular weight is 134 g/mol. The number of rotatable bonds is 0. The predicted molar refractivity (Wildman–Crippen MR) is 19.0 cm³/mol. The van der Waals surface area contributed by atoms with E-state index in [1.807, 2.05) is 0 Å². The number of hydrogen-bond donors (Lipinski definition) is 0. The Labute approximate surface area is 37.6 Å². The fraction of sp³-hybridized carbons (Fsp3) is 0. The Balaban J connectivity index is 3.11. The number of nitrogens with zero attached hydrogens (tertiary/aromatic N) is 1. The van der Waals surface area contributed by atoms with Crippen molar-refractivity contribution < 1.29 is 0 Å². The van der Waals surface area contributed by atoms with Crippen LogP contribution in [-0.4, -0.2) is 20.7 Å². The summed E-state index contributed by atoms with van der Waals surface area (Å²) in [4.78, 5) is 0. The molecular weight excluding hydrogens is 134 g/mol. The fourth-order valence-corrected chi connectivity index (χ4v) is 0. The van der Waals surface area contributed by atoms with Crippen LogP contribution in [0.5, 0.6) is 0 Å². The first kappa shape index (κ1) is 4.41. The Kier molecular flexibility index (Phi) is 3.77. The van der Waals surface area contributed by atoms with Gasteiger partial charge < -0.3 is 0 Å². The van der Waals surface area contributed by atoms with Gasteiger partial charge in [0.05, 0.1) is 0 Å². The van der Waals surface area contributed by atoms with E-state index in [0.717, 1.165) is 0 Å². The normalized spacial score (nSPS) is 4.25. The maximum absolute atomic E-state index is 4.70. The summed E-state index contributed by atoms with van der Waals surface area (Å²) in [6, 6.07) is 0. The third-order valence-corrected chi connectivity index (χ3v) is 0.659. The van der Waals surface area contributed by atoms with Crippen LogP contribution < -0.4 is 0 Å². The second-order valence-electron chi connectivity index (χ2n) is 0.196. The molecule has 3 heteroatoms. The standard InChI is InChI=1S/CClGeN/c2-4-1-3. The second-order valence-corrected chi connectivity index (χ2v) is 0.834. The zero-order chi connectivity index (χ0) is 3.41. The van der Waals surface area contributed by atoms with Gasteiger partial charge in [0.25, 0.3) is 0 Å². The van der Waals surface area contributed by atoms with Crippen molar-refractivity contribution in [3.8, 4) is 0 Å². The molecule has 0 aromatic heterocycles. The van der Waals surface area contributed by atoms with Crippen LogP contribution in [0.3, 0.4) is 0 Å². The summed E-state index contributed by atoms with van der Waals surface area (Å²) in [6.45, 7) is 0. The van der Waals surface area contributed by atoms with Crippen LogP contribution in [0.4, 0.5) is 0 Å². The van der Waals surface area contributed by atoms with E-state index in [9.17, 15) is 0 Å². The van der Waals surface area contributed by atoms with E-state index in [0.29, 0.717) is 0 Å². The van der Waals surface area contributed by atoms with Crippen LogP contribution in [0.1, 0.15) is 0 Å². The Morgan fingerprint density at radius 1 is 2.00 bits per heavy atom. The third-order valence-electron chi connectivity index (χ3n) is 0.0423. The summed E-state index contributed by atoms with van der Waals surface area (Å²) in [5.74, 6) is 0. The first-order valence-corrected chi connectivity index (χ1v) is 2.03. The van der Waals surface area contributed by atoms with Crippen molar-refractivity contribution in [2.24, 2.45) is 4.51 Å². The zero-order valence-electron chi connectivity index (χ0n) is 1.83. The average Bonchev–Trinajstić information content (AvgIpc) is 1.37. The van der Waals surface area contributed by atoms with E-state index in [-0.39, 0.29) is 0 Å². The van der Waals surface area contributed by atoms with Gasteiger partial charge in [-0.1, -0.05) is 0 Å². The van der Waals surface area contributed by atoms with E-state index in [4.69, 9.17) is 11.8 Å². The molecule has 0 aliphatic rings. The van der Waals surface area contributed by atoms with Gasteiger partial charge in [-0.2, -0.15) is 0 Å². The van der Waals surface area contributed by atoms with Crippen LogP contribution in [0.25, 0.3) is 0 Å². The second kappa shape index (κ2) is 3.41. The molecule has 0 spiro atoms. The van der Waals surface area contributed by atoms with Gasteiger partial charge in [0.15, 0.2) is 0 Å². The predicted octanol–water partition coefficient (Wildman–Crippen LogP) is 0.214. The van der Waals surface area contributed by atoms with E-state index < -0.39 is 0 Å². The summed E-state index contributed by atoms with van der Waals surface area (Å²) in [7, 11) is 0. The summed E-state index contributed by atoms with van der Waals surface area (Å²) >= 11 is 6.33. The molecule has 0 fully saturated rings. The molecule has 4 heavy (non-hydrogen) atoms. The van der Waals surface area contributed by atoms with Gasteiger partial charge >= 0.3 is 37.0 Å². The van der Waals surface area contributed by atoms with Crippen LogP contribution in [-0.2, 0) is 0 Å². The molecule has 0 unspecified atom stereocenters. The van der Waals surface area contributed by atoms with Gasteiger partial charge in [-0.25, -0.2) is 0 Å². The molecule has 0 amide bonds. The summed E-state index contributed by atoms with van der Waals surface area (Å²) in [5.41, 5.74) is 0. The Morgan fingerprint density at radius 2 is 2.25 bits per heavy atom. The Morgan fingerprint density at radius 3 is 2.25 bits per heavy atom. The van der Waals surface area contributed by atoms with Crippen molar-refractivity contribution in [3.05, 3.63) is 0 Å². The van der Waals surface area contributed by atoms with Gasteiger partial charge in [-0.3, -0.25) is 0 Å². The molecule has 0 saturated carbocycles. The van der Waals surface area contributed by atoms with Crippen LogP contribution in [0.2, 0.25) is 0 Å². The van der Waals surface area contributed by atoms with Gasteiger partial charge in [-0.15, -0.1) is 0 Å². The molecular formula is CClGeN. The van der Waals surface area contributed by atoms with Gasteiger partial charge in [0.1, 0.15) is 0 Å². The minimum absolute atomic E-state index is 1.63. The topological polar surface area (TPSA) is 12.4 Å². The zero-order valence-corrected chi connectivity index (χ0v) is 4.68. The first-order valence-electron chi connectivity index (χ1n) is 0.643. The number of halogens is 1. The van der Waals surface area contributed by atoms with Gasteiger partial charge in [0, 0.05) is 0 Å². The molecule has 20 valence electrons. The summed E-state index contributed by atoms with van der Waals surface area (Å²) in [5, 5.41) is 0. The van der Waals surface area contributed by atoms with Crippen molar-refractivity contribution in [2.45, 2.75) is 0 Å². The molecule has 0 N–H and O–H groups in total. The monoisotopic (exact) mass is 135 g/mol. The third kappa shape index (κ3) is 2.41. The quantitative estimate of drug-likeness (QED) is 0.332. The van der Waals surface area contributed by atoms with Crippen molar-refractivity contribution in [3.63, 3.8) is 0 Å². The van der Waals surface area contributed by atoms with Crippen molar-refractivity contribution in [1.82, 2.24) is 0 Å². The Hall–Kier alpha value is 0.413. The van der Waals surface area contributed by atoms with Crippen LogP contribution in [0, 0.1) is 0 Å². The van der Waals surface area contributed by atoms with Gasteiger partial charge in [0.2, 0.25) is 0 Å². The van der Waals surface area contributed by atoms with Crippen molar-refractivity contribution in [2.75, 3.05) is 0 Å². The van der Waals surface area contributed by atoms with Crippen molar-refractivity contribution >= 4 is 32.5 Å². The SMILES string of the molecule is ClN=[C]=[Ge]. The molecule has 0 aliphatic carbocycles. The first-order chi connectivity index (χ1) is 1.91. The summed E-state index contributed by atoms with van der Waals surface area (Å²) in [6.07, 6.45) is 0. The van der Waals surface area contributed by atoms with Crippen LogP contribution in [0.15, 0.2) is 4.51 Å². The molecule has 0 bridgehead atoms. The summed E-state index contributed by atoms with van der Waals surface area (Å²) < 4.78 is 5.28. The van der Waals surface area contributed by atoms with Crippen LogP contribution >= 0.6 is 11.8 Å². The molecule has 0 heterocycles. The number of hydrogen-bond acceptors (Lipinski definition) is 1. The van der Waals surface area contributed by atoms with E-state index >= 15 is 0 Å². The Bertz CT molecular complexity index is 46.0. The minimum atomic E-state index is 1.63. The van der Waals surface area contributed by atoms with E-state index in [2.05, 4.69) is 9.16 Å². The van der Waals surface area contributed by atoms with E-state index in [1.54, 1.807) is 16.1 Å². The fourth-order valence-electron chi connectivity index (χ4n) is 0. The van der Waals surface area contributed by atoms with Crippen molar-refractivity contribution in [1.29, 1.82) is 0 Å². The molecule has 0 atom stereocenters. The molecule has 0 rings (SSSR count).